The second kappa shape index (κ2) is 5.28. The molecule has 0 unspecified atom stereocenters. The molecule has 2 aromatic rings. The van der Waals surface area contributed by atoms with Gasteiger partial charge < -0.3 is 10.3 Å². The van der Waals surface area contributed by atoms with Gasteiger partial charge in [-0.1, -0.05) is 18.5 Å². The second-order valence-corrected chi connectivity index (χ2v) is 5.50. The van der Waals surface area contributed by atoms with Crippen molar-refractivity contribution in [2.45, 2.75) is 44.6 Å². The third-order valence-corrected chi connectivity index (χ3v) is 4.19. The number of nitrogens with zero attached hydrogens (tertiary/aromatic N) is 4. The van der Waals surface area contributed by atoms with Gasteiger partial charge in [-0.3, -0.25) is 0 Å². The Bertz CT molecular complexity index is 560. The first-order chi connectivity index (χ1) is 9.71. The standard InChI is InChI=1S/C14H19N5O/c1-2-10-4-6-14(15,7-5-10)13-18-12(19-20-13)11-16-8-3-9-17-11/h3,8-10H,2,4-7,15H2,1H3. The van der Waals surface area contributed by atoms with Crippen LogP contribution in [-0.2, 0) is 5.54 Å². The van der Waals surface area contributed by atoms with Crippen molar-refractivity contribution in [2.24, 2.45) is 11.7 Å². The van der Waals surface area contributed by atoms with E-state index in [1.807, 2.05) is 0 Å². The molecule has 0 atom stereocenters. The summed E-state index contributed by atoms with van der Waals surface area (Å²) in [5.74, 6) is 2.15. The highest BCUT2D eigenvalue weighted by molar-refractivity contribution is 5.40. The molecule has 3 rings (SSSR count). The lowest BCUT2D eigenvalue weighted by Crippen LogP contribution is -2.40. The number of aromatic nitrogens is 4. The van der Waals surface area contributed by atoms with E-state index in [1.54, 1.807) is 18.5 Å². The average molecular weight is 273 g/mol. The van der Waals surface area contributed by atoms with Gasteiger partial charge in [0.05, 0.1) is 5.54 Å². The molecule has 20 heavy (non-hydrogen) atoms. The van der Waals surface area contributed by atoms with Gasteiger partial charge in [-0.25, -0.2) is 9.97 Å². The summed E-state index contributed by atoms with van der Waals surface area (Å²) in [4.78, 5) is 12.6. The van der Waals surface area contributed by atoms with Crippen LogP contribution in [0.1, 0.15) is 44.9 Å². The van der Waals surface area contributed by atoms with Crippen LogP contribution in [0.3, 0.4) is 0 Å². The smallest absolute Gasteiger partial charge is 0.247 e. The van der Waals surface area contributed by atoms with Crippen molar-refractivity contribution in [1.29, 1.82) is 0 Å². The minimum absolute atomic E-state index is 0.406. The predicted octanol–water partition coefficient (Wildman–Crippen LogP) is 2.28. The van der Waals surface area contributed by atoms with Crippen LogP contribution in [0, 0.1) is 5.92 Å². The van der Waals surface area contributed by atoms with E-state index < -0.39 is 5.54 Å². The Labute approximate surface area is 117 Å². The van der Waals surface area contributed by atoms with Gasteiger partial charge in [0.2, 0.25) is 17.5 Å². The van der Waals surface area contributed by atoms with Crippen LogP contribution >= 0.6 is 0 Å². The minimum atomic E-state index is -0.494. The van der Waals surface area contributed by atoms with E-state index >= 15 is 0 Å². The maximum Gasteiger partial charge on any atom is 0.247 e. The molecular weight excluding hydrogens is 254 g/mol. The number of rotatable bonds is 3. The van der Waals surface area contributed by atoms with E-state index in [2.05, 4.69) is 27.0 Å². The van der Waals surface area contributed by atoms with Crippen molar-refractivity contribution < 1.29 is 4.52 Å². The van der Waals surface area contributed by atoms with Gasteiger partial charge in [-0.15, -0.1) is 0 Å². The highest BCUT2D eigenvalue weighted by Gasteiger charge is 2.37. The summed E-state index contributed by atoms with van der Waals surface area (Å²) in [6, 6.07) is 1.75. The summed E-state index contributed by atoms with van der Waals surface area (Å²) in [5, 5.41) is 3.95. The fourth-order valence-electron chi connectivity index (χ4n) is 2.75. The normalized spacial score (nSPS) is 26.6. The van der Waals surface area contributed by atoms with E-state index in [9.17, 15) is 0 Å². The quantitative estimate of drug-likeness (QED) is 0.922. The maximum absolute atomic E-state index is 6.45. The monoisotopic (exact) mass is 273 g/mol. The predicted molar refractivity (Wildman–Crippen MR) is 73.4 cm³/mol. The van der Waals surface area contributed by atoms with Gasteiger partial charge in [-0.05, 0) is 37.7 Å². The molecule has 0 spiro atoms. The summed E-state index contributed by atoms with van der Waals surface area (Å²) in [6.45, 7) is 2.23. The molecule has 1 aliphatic carbocycles. The fourth-order valence-corrected chi connectivity index (χ4v) is 2.75. The molecular formula is C14H19N5O. The van der Waals surface area contributed by atoms with E-state index in [4.69, 9.17) is 10.3 Å². The van der Waals surface area contributed by atoms with Gasteiger partial charge >= 0.3 is 0 Å². The average Bonchev–Trinajstić information content (AvgIpc) is 3.00. The molecule has 1 saturated carbocycles. The Morgan fingerprint density at radius 1 is 1.25 bits per heavy atom. The van der Waals surface area contributed by atoms with Crippen LogP contribution in [0.4, 0.5) is 0 Å². The molecule has 0 radical (unpaired) electrons. The summed E-state index contributed by atoms with van der Waals surface area (Å²) in [5.41, 5.74) is 5.96. The van der Waals surface area contributed by atoms with Crippen LogP contribution in [0.25, 0.3) is 11.6 Å². The Morgan fingerprint density at radius 2 is 1.95 bits per heavy atom. The van der Waals surface area contributed by atoms with E-state index in [0.717, 1.165) is 31.6 Å². The van der Waals surface area contributed by atoms with Crippen molar-refractivity contribution >= 4 is 0 Å². The minimum Gasteiger partial charge on any atom is -0.337 e. The van der Waals surface area contributed by atoms with Crippen molar-refractivity contribution in [3.63, 3.8) is 0 Å². The molecule has 2 heterocycles. The lowest BCUT2D eigenvalue weighted by molar-refractivity contribution is 0.181. The van der Waals surface area contributed by atoms with Gasteiger partial charge in [0.1, 0.15) is 0 Å². The van der Waals surface area contributed by atoms with Gasteiger partial charge in [-0.2, -0.15) is 4.98 Å². The van der Waals surface area contributed by atoms with Crippen molar-refractivity contribution in [1.82, 2.24) is 20.1 Å². The first kappa shape index (κ1) is 13.2. The highest BCUT2D eigenvalue weighted by Crippen LogP contribution is 2.38. The zero-order valence-electron chi connectivity index (χ0n) is 11.6. The highest BCUT2D eigenvalue weighted by atomic mass is 16.5. The summed E-state index contributed by atoms with van der Waals surface area (Å²) < 4.78 is 5.36. The zero-order chi connectivity index (χ0) is 14.0. The Morgan fingerprint density at radius 3 is 2.60 bits per heavy atom. The SMILES string of the molecule is CCC1CCC(N)(c2nc(-c3ncccn3)no2)CC1. The first-order valence-corrected chi connectivity index (χ1v) is 7.12. The molecule has 2 N–H and O–H groups in total. The second-order valence-electron chi connectivity index (χ2n) is 5.50. The lowest BCUT2D eigenvalue weighted by Gasteiger charge is -2.33. The van der Waals surface area contributed by atoms with E-state index in [0.29, 0.717) is 17.5 Å². The molecule has 0 saturated heterocycles. The summed E-state index contributed by atoms with van der Waals surface area (Å²) >= 11 is 0. The zero-order valence-corrected chi connectivity index (χ0v) is 11.6. The molecule has 1 aliphatic rings. The van der Waals surface area contributed by atoms with Crippen LogP contribution in [0.15, 0.2) is 23.0 Å². The molecule has 6 nitrogen and oxygen atoms in total. The maximum atomic E-state index is 6.45. The number of hydrogen-bond acceptors (Lipinski definition) is 6. The van der Waals surface area contributed by atoms with Gasteiger partial charge in [0.15, 0.2) is 0 Å². The number of nitrogens with two attached hydrogens (primary N) is 1. The van der Waals surface area contributed by atoms with Gasteiger partial charge in [0.25, 0.3) is 0 Å². The van der Waals surface area contributed by atoms with Crippen LogP contribution in [0.2, 0.25) is 0 Å². The molecule has 0 amide bonds. The Hall–Kier alpha value is -1.82. The van der Waals surface area contributed by atoms with Crippen LogP contribution in [-0.4, -0.2) is 20.1 Å². The van der Waals surface area contributed by atoms with Crippen LogP contribution < -0.4 is 5.73 Å². The molecule has 0 aliphatic heterocycles. The Balaban J connectivity index is 1.80. The largest absolute Gasteiger partial charge is 0.337 e. The topological polar surface area (TPSA) is 90.7 Å². The van der Waals surface area contributed by atoms with Crippen molar-refractivity contribution in [3.05, 3.63) is 24.4 Å². The summed E-state index contributed by atoms with van der Waals surface area (Å²) in [6.07, 6.45) is 8.54. The first-order valence-electron chi connectivity index (χ1n) is 7.12. The Kier molecular flexibility index (Phi) is 3.48. The number of hydrogen-bond donors (Lipinski definition) is 1. The third-order valence-electron chi connectivity index (χ3n) is 4.19. The lowest BCUT2D eigenvalue weighted by atomic mass is 9.76. The molecule has 0 bridgehead atoms. The molecule has 0 aromatic carbocycles. The van der Waals surface area contributed by atoms with Crippen LogP contribution in [0.5, 0.6) is 0 Å². The molecule has 6 heteroatoms. The fraction of sp³-hybridized carbons (Fsp3) is 0.571. The summed E-state index contributed by atoms with van der Waals surface area (Å²) in [7, 11) is 0. The van der Waals surface area contributed by atoms with Crippen molar-refractivity contribution in [3.8, 4) is 11.6 Å². The van der Waals surface area contributed by atoms with E-state index in [-0.39, 0.29) is 0 Å². The molecule has 2 aromatic heterocycles. The third kappa shape index (κ3) is 2.43. The molecule has 106 valence electrons. The van der Waals surface area contributed by atoms with Gasteiger partial charge in [0, 0.05) is 12.4 Å². The molecule has 1 fully saturated rings. The van der Waals surface area contributed by atoms with E-state index in [1.165, 1.54) is 6.42 Å². The van der Waals surface area contributed by atoms with Crippen molar-refractivity contribution in [2.75, 3.05) is 0 Å².